The maximum atomic E-state index is 13.2. The van der Waals surface area contributed by atoms with Gasteiger partial charge in [0.1, 0.15) is 5.82 Å². The Morgan fingerprint density at radius 2 is 2.00 bits per heavy atom. The molecule has 0 radical (unpaired) electrons. The summed E-state index contributed by atoms with van der Waals surface area (Å²) < 4.78 is 13.2. The third kappa shape index (κ3) is 2.40. The summed E-state index contributed by atoms with van der Waals surface area (Å²) in [6.45, 7) is 2.01. The molecular formula is C15H14FNO. The Labute approximate surface area is 105 Å². The van der Waals surface area contributed by atoms with Crippen LogP contribution in [0.2, 0.25) is 0 Å². The zero-order valence-corrected chi connectivity index (χ0v) is 10.1. The molecule has 0 spiro atoms. The van der Waals surface area contributed by atoms with Crippen LogP contribution in [0.3, 0.4) is 0 Å². The number of benzene rings is 2. The summed E-state index contributed by atoms with van der Waals surface area (Å²) in [4.78, 5) is 12.2. The smallest absolute Gasteiger partial charge is 0.195 e. The zero-order valence-electron chi connectivity index (χ0n) is 10.1. The van der Waals surface area contributed by atoms with Crippen LogP contribution < -0.4 is 5.73 Å². The third-order valence-electron chi connectivity index (χ3n) is 2.86. The molecule has 0 aliphatic heterocycles. The predicted molar refractivity (Wildman–Crippen MR) is 70.1 cm³/mol. The molecule has 2 N–H and O–H groups in total. The molecule has 0 atom stereocenters. The molecule has 2 aromatic carbocycles. The first kappa shape index (κ1) is 12.3. The second-order valence-electron chi connectivity index (χ2n) is 4.11. The molecule has 0 bridgehead atoms. The fourth-order valence-corrected chi connectivity index (χ4v) is 1.81. The fourth-order valence-electron chi connectivity index (χ4n) is 1.81. The lowest BCUT2D eigenvalue weighted by Gasteiger charge is -2.06. The minimum Gasteiger partial charge on any atom is -0.398 e. The van der Waals surface area contributed by atoms with Crippen LogP contribution in [-0.4, -0.2) is 5.78 Å². The molecular weight excluding hydrogens is 229 g/mol. The highest BCUT2D eigenvalue weighted by molar-refractivity contribution is 6.12. The first-order valence-electron chi connectivity index (χ1n) is 5.80. The minimum atomic E-state index is -0.459. The van der Waals surface area contributed by atoms with Crippen LogP contribution in [-0.2, 0) is 6.42 Å². The molecule has 0 aliphatic rings. The number of halogens is 1. The Morgan fingerprint density at radius 1 is 1.22 bits per heavy atom. The summed E-state index contributed by atoms with van der Waals surface area (Å²) in [6.07, 6.45) is 0.847. The van der Waals surface area contributed by atoms with Gasteiger partial charge in [-0.3, -0.25) is 4.79 Å². The number of hydrogen-bond acceptors (Lipinski definition) is 2. The molecule has 3 heteroatoms. The van der Waals surface area contributed by atoms with E-state index in [1.165, 1.54) is 18.2 Å². The standard InChI is InChI=1S/C15H14FNO/c1-2-10-4-3-5-11(8-10)15(18)13-9-12(16)6-7-14(13)17/h3-9H,2,17H2,1H3. The fraction of sp³-hybridized carbons (Fsp3) is 0.133. The van der Waals surface area contributed by atoms with Crippen LogP contribution in [0.15, 0.2) is 42.5 Å². The summed E-state index contributed by atoms with van der Waals surface area (Å²) in [6, 6.07) is 11.1. The average Bonchev–Trinajstić information content (AvgIpc) is 2.41. The molecule has 0 fully saturated rings. The molecule has 18 heavy (non-hydrogen) atoms. The highest BCUT2D eigenvalue weighted by Crippen LogP contribution is 2.18. The molecule has 0 amide bonds. The van der Waals surface area contributed by atoms with E-state index in [1.807, 2.05) is 25.1 Å². The van der Waals surface area contributed by atoms with Gasteiger partial charge in [0.25, 0.3) is 0 Å². The van der Waals surface area contributed by atoms with Crippen molar-refractivity contribution >= 4 is 11.5 Å². The lowest BCUT2D eigenvalue weighted by atomic mass is 9.99. The van der Waals surface area contributed by atoms with Gasteiger partial charge in [0.05, 0.1) is 0 Å². The van der Waals surface area contributed by atoms with Crippen LogP contribution in [0.4, 0.5) is 10.1 Å². The Bertz CT molecular complexity index is 593. The molecule has 0 heterocycles. The van der Waals surface area contributed by atoms with E-state index in [4.69, 9.17) is 5.73 Å². The first-order chi connectivity index (χ1) is 8.61. The van der Waals surface area contributed by atoms with Crippen molar-refractivity contribution in [3.8, 4) is 0 Å². The average molecular weight is 243 g/mol. The molecule has 92 valence electrons. The van der Waals surface area contributed by atoms with E-state index in [9.17, 15) is 9.18 Å². The number of hydrogen-bond donors (Lipinski definition) is 1. The van der Waals surface area contributed by atoms with Crippen molar-refractivity contribution < 1.29 is 9.18 Å². The van der Waals surface area contributed by atoms with Crippen molar-refractivity contribution in [3.05, 3.63) is 65.0 Å². The van der Waals surface area contributed by atoms with E-state index in [0.717, 1.165) is 12.0 Å². The SMILES string of the molecule is CCc1cccc(C(=O)c2cc(F)ccc2N)c1. The summed E-state index contributed by atoms with van der Waals surface area (Å²) in [5, 5.41) is 0. The van der Waals surface area contributed by atoms with Crippen LogP contribution >= 0.6 is 0 Å². The van der Waals surface area contributed by atoms with Gasteiger partial charge in [0.2, 0.25) is 0 Å². The van der Waals surface area contributed by atoms with E-state index in [1.54, 1.807) is 6.07 Å². The van der Waals surface area contributed by atoms with Crippen LogP contribution in [0, 0.1) is 5.82 Å². The van der Waals surface area contributed by atoms with E-state index < -0.39 is 5.82 Å². The number of nitrogen functional groups attached to an aromatic ring is 1. The van der Waals surface area contributed by atoms with Gasteiger partial charge < -0.3 is 5.73 Å². The van der Waals surface area contributed by atoms with Gasteiger partial charge in [-0.05, 0) is 36.2 Å². The highest BCUT2D eigenvalue weighted by Gasteiger charge is 2.13. The minimum absolute atomic E-state index is 0.211. The Morgan fingerprint density at radius 3 is 2.72 bits per heavy atom. The van der Waals surface area contributed by atoms with E-state index in [2.05, 4.69) is 0 Å². The van der Waals surface area contributed by atoms with Crippen LogP contribution in [0.1, 0.15) is 28.4 Å². The van der Waals surface area contributed by atoms with Crippen molar-refractivity contribution in [1.29, 1.82) is 0 Å². The molecule has 2 rings (SSSR count). The summed E-state index contributed by atoms with van der Waals surface area (Å²) in [5.41, 5.74) is 7.82. The van der Waals surface area contributed by atoms with E-state index in [0.29, 0.717) is 11.3 Å². The lowest BCUT2D eigenvalue weighted by Crippen LogP contribution is -2.06. The molecule has 0 saturated carbocycles. The van der Waals surface area contributed by atoms with Gasteiger partial charge in [-0.2, -0.15) is 0 Å². The second-order valence-corrected chi connectivity index (χ2v) is 4.11. The van der Waals surface area contributed by atoms with E-state index in [-0.39, 0.29) is 11.3 Å². The molecule has 0 unspecified atom stereocenters. The largest absolute Gasteiger partial charge is 0.398 e. The van der Waals surface area contributed by atoms with Crippen LogP contribution in [0.25, 0.3) is 0 Å². The van der Waals surface area contributed by atoms with Crippen molar-refractivity contribution in [2.75, 3.05) is 5.73 Å². The maximum Gasteiger partial charge on any atom is 0.195 e. The van der Waals surface area contributed by atoms with Gasteiger partial charge in [-0.25, -0.2) is 4.39 Å². The second kappa shape index (κ2) is 5.00. The topological polar surface area (TPSA) is 43.1 Å². The van der Waals surface area contributed by atoms with Crippen LogP contribution in [0.5, 0.6) is 0 Å². The number of ketones is 1. The third-order valence-corrected chi connectivity index (χ3v) is 2.86. The van der Waals surface area contributed by atoms with Gasteiger partial charge in [-0.1, -0.05) is 25.1 Å². The molecule has 2 nitrogen and oxygen atoms in total. The summed E-state index contributed by atoms with van der Waals surface area (Å²) >= 11 is 0. The number of anilines is 1. The summed E-state index contributed by atoms with van der Waals surface area (Å²) in [7, 11) is 0. The van der Waals surface area contributed by atoms with Crippen molar-refractivity contribution in [2.24, 2.45) is 0 Å². The number of carbonyl (C=O) groups excluding carboxylic acids is 1. The van der Waals surface area contributed by atoms with Gasteiger partial charge >= 0.3 is 0 Å². The quantitative estimate of drug-likeness (QED) is 0.664. The van der Waals surface area contributed by atoms with Crippen molar-refractivity contribution in [3.63, 3.8) is 0 Å². The van der Waals surface area contributed by atoms with Crippen molar-refractivity contribution in [1.82, 2.24) is 0 Å². The summed E-state index contributed by atoms with van der Waals surface area (Å²) in [5.74, 6) is -0.707. The van der Waals surface area contributed by atoms with Gasteiger partial charge in [-0.15, -0.1) is 0 Å². The molecule has 2 aromatic rings. The first-order valence-corrected chi connectivity index (χ1v) is 5.80. The highest BCUT2D eigenvalue weighted by atomic mass is 19.1. The monoisotopic (exact) mass is 243 g/mol. The number of nitrogens with two attached hydrogens (primary N) is 1. The molecule has 0 saturated heterocycles. The lowest BCUT2D eigenvalue weighted by molar-refractivity contribution is 0.103. The van der Waals surface area contributed by atoms with Gasteiger partial charge in [0.15, 0.2) is 5.78 Å². The Balaban J connectivity index is 2.44. The predicted octanol–water partition coefficient (Wildman–Crippen LogP) is 3.20. The van der Waals surface area contributed by atoms with Gasteiger partial charge in [0, 0.05) is 16.8 Å². The molecule has 0 aliphatic carbocycles. The Hall–Kier alpha value is -2.16. The normalized spacial score (nSPS) is 10.3. The van der Waals surface area contributed by atoms with E-state index >= 15 is 0 Å². The number of carbonyl (C=O) groups is 1. The molecule has 0 aromatic heterocycles. The number of aryl methyl sites for hydroxylation is 1. The maximum absolute atomic E-state index is 13.2. The van der Waals surface area contributed by atoms with Crippen molar-refractivity contribution in [2.45, 2.75) is 13.3 Å². The number of rotatable bonds is 3. The Kier molecular flexibility index (Phi) is 3.42. The zero-order chi connectivity index (χ0) is 13.1.